The van der Waals surface area contributed by atoms with E-state index in [9.17, 15) is 19.8 Å². The number of aliphatic carboxylic acids is 2. The summed E-state index contributed by atoms with van der Waals surface area (Å²) in [6.45, 7) is 3.93. The van der Waals surface area contributed by atoms with Crippen LogP contribution in [-0.4, -0.2) is 31.6 Å². The third kappa shape index (κ3) is 17.1. The molecule has 0 aliphatic carbocycles. The van der Waals surface area contributed by atoms with Gasteiger partial charge in [0.15, 0.2) is 0 Å². The van der Waals surface area contributed by atoms with E-state index in [4.69, 9.17) is 0 Å². The number of carboxylic acids is 2. The lowest BCUT2D eigenvalue weighted by Gasteiger charge is -2.20. The third-order valence-electron chi connectivity index (χ3n) is 4.25. The first-order valence-corrected chi connectivity index (χ1v) is 9.29. The van der Waals surface area contributed by atoms with Crippen LogP contribution in [-0.2, 0) is 9.59 Å². The maximum Gasteiger partial charge on any atom is 0.0824 e. The SMILES string of the molecule is CCCCCCCCCCCC[NH+](CCC(=O)[O-])CCC(=O)[O-]. The molecule has 0 rings (SSSR count). The van der Waals surface area contributed by atoms with E-state index >= 15 is 0 Å². The van der Waals surface area contributed by atoms with Crippen LogP contribution < -0.4 is 15.1 Å². The smallest absolute Gasteiger partial charge is 0.0824 e. The molecule has 0 aromatic heterocycles. The first kappa shape index (κ1) is 21.9. The number of hydrogen-bond donors (Lipinski definition) is 1. The molecule has 0 heterocycles. The molecule has 0 saturated carbocycles. The van der Waals surface area contributed by atoms with Gasteiger partial charge in [-0.1, -0.05) is 58.3 Å². The second-order valence-corrected chi connectivity index (χ2v) is 6.43. The molecule has 0 fully saturated rings. The highest BCUT2D eigenvalue weighted by atomic mass is 16.4. The van der Waals surface area contributed by atoms with E-state index in [1.54, 1.807) is 0 Å². The number of quaternary nitrogens is 1. The Hall–Kier alpha value is -1.10. The van der Waals surface area contributed by atoms with Gasteiger partial charge in [0.05, 0.1) is 19.6 Å². The van der Waals surface area contributed by atoms with Crippen molar-refractivity contribution >= 4 is 11.9 Å². The molecule has 23 heavy (non-hydrogen) atoms. The van der Waals surface area contributed by atoms with Crippen LogP contribution in [0.2, 0.25) is 0 Å². The summed E-state index contributed by atoms with van der Waals surface area (Å²) in [6, 6.07) is 0. The second-order valence-electron chi connectivity index (χ2n) is 6.43. The zero-order valence-electron chi connectivity index (χ0n) is 14.7. The zero-order valence-corrected chi connectivity index (χ0v) is 14.7. The summed E-state index contributed by atoms with van der Waals surface area (Å²) in [4.78, 5) is 22.1. The fourth-order valence-corrected chi connectivity index (χ4v) is 2.80. The monoisotopic (exact) mass is 328 g/mol. The number of nitrogens with one attached hydrogen (secondary N) is 1. The first-order chi connectivity index (χ1) is 11.1. The molecule has 0 saturated heterocycles. The number of hydrogen-bond acceptors (Lipinski definition) is 4. The molecule has 0 aromatic carbocycles. The molecule has 5 nitrogen and oxygen atoms in total. The summed E-state index contributed by atoms with van der Waals surface area (Å²) in [5.41, 5.74) is 0. The summed E-state index contributed by atoms with van der Waals surface area (Å²) in [7, 11) is 0. The largest absolute Gasteiger partial charge is 0.550 e. The van der Waals surface area contributed by atoms with Crippen LogP contribution >= 0.6 is 0 Å². The molecule has 0 atom stereocenters. The van der Waals surface area contributed by atoms with E-state index in [0.717, 1.165) is 24.3 Å². The van der Waals surface area contributed by atoms with Crippen LogP contribution in [0, 0.1) is 0 Å². The topological polar surface area (TPSA) is 84.7 Å². The van der Waals surface area contributed by atoms with Gasteiger partial charge in [-0.2, -0.15) is 0 Å². The molecular formula is C18H34NO4-. The van der Waals surface area contributed by atoms with Crippen molar-refractivity contribution in [2.45, 2.75) is 84.0 Å². The van der Waals surface area contributed by atoms with Gasteiger partial charge in [0.1, 0.15) is 0 Å². The molecule has 0 spiro atoms. The van der Waals surface area contributed by atoms with Crippen molar-refractivity contribution < 1.29 is 24.7 Å². The highest BCUT2D eigenvalue weighted by Crippen LogP contribution is 2.09. The third-order valence-corrected chi connectivity index (χ3v) is 4.25. The molecule has 0 aromatic rings. The van der Waals surface area contributed by atoms with E-state index in [0.29, 0.717) is 13.1 Å². The minimum atomic E-state index is -1.07. The van der Waals surface area contributed by atoms with E-state index in [2.05, 4.69) is 6.92 Å². The lowest BCUT2D eigenvalue weighted by molar-refractivity contribution is -0.899. The minimum absolute atomic E-state index is 0.0137. The maximum atomic E-state index is 10.5. The minimum Gasteiger partial charge on any atom is -0.550 e. The van der Waals surface area contributed by atoms with Crippen LogP contribution in [0.15, 0.2) is 0 Å². The molecule has 0 amide bonds. The van der Waals surface area contributed by atoms with E-state index < -0.39 is 11.9 Å². The average Bonchev–Trinajstić information content (AvgIpc) is 2.50. The zero-order chi connectivity index (χ0) is 17.3. The van der Waals surface area contributed by atoms with Gasteiger partial charge in [0.2, 0.25) is 0 Å². The lowest BCUT2D eigenvalue weighted by atomic mass is 10.1. The van der Waals surface area contributed by atoms with Crippen molar-refractivity contribution in [3.8, 4) is 0 Å². The standard InChI is InChI=1S/C18H35NO4/c1-2-3-4-5-6-7-8-9-10-11-14-19(15-12-17(20)21)16-13-18(22)23/h2-16H2,1H3,(H,20,21)(H,22,23)/p-1. The van der Waals surface area contributed by atoms with Gasteiger partial charge in [-0.15, -0.1) is 0 Å². The Morgan fingerprint density at radius 3 is 1.43 bits per heavy atom. The molecule has 0 bridgehead atoms. The molecule has 1 N–H and O–H groups in total. The number of carboxylic acid groups (broad SMARTS) is 2. The Kier molecular flexibility index (Phi) is 15.0. The Morgan fingerprint density at radius 1 is 0.652 bits per heavy atom. The number of unbranched alkanes of at least 4 members (excludes halogenated alkanes) is 9. The Labute approximate surface area is 141 Å². The van der Waals surface area contributed by atoms with Crippen molar-refractivity contribution in [3.05, 3.63) is 0 Å². The molecule has 0 radical (unpaired) electrons. The van der Waals surface area contributed by atoms with Crippen LogP contribution in [0.4, 0.5) is 0 Å². The molecule has 0 aliphatic rings. The van der Waals surface area contributed by atoms with Crippen LogP contribution in [0.3, 0.4) is 0 Å². The predicted octanol–water partition coefficient (Wildman–Crippen LogP) is 0.0722. The van der Waals surface area contributed by atoms with Crippen LogP contribution in [0.25, 0.3) is 0 Å². The van der Waals surface area contributed by atoms with E-state index in [1.807, 2.05) is 0 Å². The molecule has 0 unspecified atom stereocenters. The van der Waals surface area contributed by atoms with Gasteiger partial charge >= 0.3 is 0 Å². The lowest BCUT2D eigenvalue weighted by Crippen LogP contribution is -3.12. The Morgan fingerprint density at radius 2 is 1.04 bits per heavy atom. The first-order valence-electron chi connectivity index (χ1n) is 9.29. The van der Waals surface area contributed by atoms with Gasteiger partial charge in [-0.25, -0.2) is 0 Å². The summed E-state index contributed by atoms with van der Waals surface area (Å²) in [5.74, 6) is -2.14. The second kappa shape index (κ2) is 15.8. The van der Waals surface area contributed by atoms with Crippen molar-refractivity contribution in [2.75, 3.05) is 19.6 Å². The van der Waals surface area contributed by atoms with E-state index in [1.165, 1.54) is 51.4 Å². The van der Waals surface area contributed by atoms with Crippen molar-refractivity contribution in [2.24, 2.45) is 0 Å². The van der Waals surface area contributed by atoms with Gasteiger partial charge < -0.3 is 24.7 Å². The molecular weight excluding hydrogens is 294 g/mol. The number of rotatable bonds is 17. The fourth-order valence-electron chi connectivity index (χ4n) is 2.80. The summed E-state index contributed by atoms with van der Waals surface area (Å²) in [6.07, 6.45) is 12.6. The highest BCUT2D eigenvalue weighted by Gasteiger charge is 2.08. The van der Waals surface area contributed by atoms with Gasteiger partial charge in [0.25, 0.3) is 0 Å². The maximum absolute atomic E-state index is 10.5. The molecule has 136 valence electrons. The summed E-state index contributed by atoms with van der Waals surface area (Å²) in [5, 5.41) is 21.1. The Balaban J connectivity index is 3.60. The normalized spacial score (nSPS) is 11.0. The van der Waals surface area contributed by atoms with Gasteiger partial charge in [0, 0.05) is 24.8 Å². The number of carbonyl (C=O) groups is 2. The summed E-state index contributed by atoms with van der Waals surface area (Å²) < 4.78 is 0. The van der Waals surface area contributed by atoms with E-state index in [-0.39, 0.29) is 12.8 Å². The average molecular weight is 328 g/mol. The quantitative estimate of drug-likeness (QED) is 0.383. The highest BCUT2D eigenvalue weighted by molar-refractivity contribution is 5.64. The van der Waals surface area contributed by atoms with Crippen molar-refractivity contribution in [1.29, 1.82) is 0 Å². The molecule has 0 aliphatic heterocycles. The van der Waals surface area contributed by atoms with Crippen LogP contribution in [0.5, 0.6) is 0 Å². The summed E-state index contributed by atoms with van der Waals surface area (Å²) >= 11 is 0. The number of carbonyl (C=O) groups excluding carboxylic acids is 2. The predicted molar refractivity (Wildman–Crippen MR) is 86.7 cm³/mol. The Bertz CT molecular complexity index is 289. The molecule has 5 heteroatoms. The fraction of sp³-hybridized carbons (Fsp3) is 0.889. The van der Waals surface area contributed by atoms with Gasteiger partial charge in [-0.05, 0) is 12.8 Å². The van der Waals surface area contributed by atoms with Crippen molar-refractivity contribution in [3.63, 3.8) is 0 Å². The van der Waals surface area contributed by atoms with Crippen LogP contribution in [0.1, 0.15) is 84.0 Å². The van der Waals surface area contributed by atoms with Crippen molar-refractivity contribution in [1.82, 2.24) is 0 Å². The van der Waals surface area contributed by atoms with Gasteiger partial charge in [-0.3, -0.25) is 0 Å².